The van der Waals surface area contributed by atoms with Crippen LogP contribution in [0.1, 0.15) is 60.4 Å². The third-order valence-electron chi connectivity index (χ3n) is 15.2. The Morgan fingerprint density at radius 3 is 1.95 bits per heavy atom. The van der Waals surface area contributed by atoms with Crippen molar-refractivity contribution in [2.24, 2.45) is 10.9 Å². The number of amidine groups is 1. The molecule has 10 aromatic carbocycles. The van der Waals surface area contributed by atoms with Gasteiger partial charge in [-0.05, 0) is 138 Å². The van der Waals surface area contributed by atoms with Gasteiger partial charge in [0.15, 0.2) is 0 Å². The molecule has 1 aliphatic carbocycles. The first-order valence-electron chi connectivity index (χ1n) is 26.1. The average Bonchev–Trinajstić information content (AvgIpc) is 3.87. The van der Waals surface area contributed by atoms with Crippen LogP contribution in [0.25, 0.3) is 72.5 Å². The maximum atomic E-state index is 5.41. The van der Waals surface area contributed by atoms with Crippen molar-refractivity contribution in [2.75, 3.05) is 10.2 Å². The molecule has 3 unspecified atom stereocenters. The number of fused-ring (bicyclic) bond motifs is 3. The maximum Gasteiger partial charge on any atom is 0.131 e. The molecule has 0 fully saturated rings. The highest BCUT2D eigenvalue weighted by Gasteiger charge is 2.33. The van der Waals surface area contributed by atoms with Gasteiger partial charge in [0.1, 0.15) is 24.3 Å². The summed E-state index contributed by atoms with van der Waals surface area (Å²) >= 11 is 0. The largest absolute Gasteiger partial charge is 0.363 e. The fraction of sp³-hybridized carbons (Fsp3) is 0.116. The lowest BCUT2D eigenvalue weighted by molar-refractivity contribution is 0.409. The first kappa shape index (κ1) is 45.1. The van der Waals surface area contributed by atoms with Crippen molar-refractivity contribution in [1.29, 1.82) is 0 Å². The van der Waals surface area contributed by atoms with Gasteiger partial charge in [-0.1, -0.05) is 226 Å². The van der Waals surface area contributed by atoms with Crippen LogP contribution in [-0.4, -0.2) is 12.0 Å². The molecule has 5 nitrogen and oxygen atoms in total. The van der Waals surface area contributed by atoms with E-state index in [2.05, 4.69) is 277 Å². The van der Waals surface area contributed by atoms with Gasteiger partial charge < -0.3 is 15.5 Å². The molecule has 0 bridgehead atoms. The topological polar surface area (TPSA) is 51.7 Å². The van der Waals surface area contributed by atoms with Crippen LogP contribution < -0.4 is 20.9 Å². The monoisotopic (exact) mass is 955 g/mol. The molecule has 5 heteroatoms. The Morgan fingerprint density at radius 1 is 0.486 bits per heavy atom. The first-order valence-corrected chi connectivity index (χ1v) is 26.1. The number of hydrogen-bond acceptors (Lipinski definition) is 5. The Labute approximate surface area is 434 Å². The van der Waals surface area contributed by atoms with Crippen LogP contribution in [0.4, 0.5) is 17.1 Å². The van der Waals surface area contributed by atoms with Gasteiger partial charge >= 0.3 is 0 Å². The third kappa shape index (κ3) is 8.45. The van der Waals surface area contributed by atoms with E-state index in [0.717, 1.165) is 46.6 Å². The molecular weight excluding hydrogens is 899 g/mol. The van der Waals surface area contributed by atoms with Gasteiger partial charge in [-0.2, -0.15) is 0 Å². The van der Waals surface area contributed by atoms with Crippen molar-refractivity contribution in [3.8, 4) is 55.6 Å². The SMILES string of the molecule is CC(C)C1Nc2cc(-c3cccc4ccccc34)ccc2N1c1cccc(-c2cccc(-c3ccc(-c4ccccc4C4N=C(c5ccccc5)NC(c5ccc(-c6ccccc6)c6c5C=CCC6)N4)cc3)c2)c1. The number of benzene rings is 10. The van der Waals surface area contributed by atoms with Crippen molar-refractivity contribution in [3.63, 3.8) is 0 Å². The summed E-state index contributed by atoms with van der Waals surface area (Å²) < 4.78 is 0. The number of rotatable bonds is 10. The molecule has 2 heterocycles. The summed E-state index contributed by atoms with van der Waals surface area (Å²) in [5.74, 6) is 1.24. The molecule has 0 spiro atoms. The van der Waals surface area contributed by atoms with Crippen LogP contribution in [0.15, 0.2) is 242 Å². The molecule has 0 radical (unpaired) electrons. The second-order valence-electron chi connectivity index (χ2n) is 20.1. The molecule has 3 atom stereocenters. The van der Waals surface area contributed by atoms with Crippen LogP contribution in [0, 0.1) is 5.92 Å². The number of aliphatic imine (C=N–C) groups is 1. The maximum absolute atomic E-state index is 5.41. The van der Waals surface area contributed by atoms with Gasteiger partial charge in [0.05, 0.1) is 11.4 Å². The standard InChI is InChI=1S/C69H57N5/c1-45(2)69-70-64-44-54(58-33-17-23-48-20-9-10-28-56(48)58)38-41-65(64)74(69)55-27-16-26-53(43-55)52-25-15-24-51(42-52)46-34-36-49(37-35-46)57-29-11-14-32-62(57)67-71-66(50-21-7-4-8-22-50)72-68(73-67)63-40-39-59(47-18-5-3-6-19-47)60-30-12-13-31-61(60)63/h3-11,13-29,31-45,67-70,73H,12,30H2,1-2H3,(H,71,72). The summed E-state index contributed by atoms with van der Waals surface area (Å²) in [6.45, 7) is 4.59. The Bertz CT molecular complexity index is 3760. The molecule has 2 aliphatic heterocycles. The van der Waals surface area contributed by atoms with E-state index in [0.29, 0.717) is 5.92 Å². The van der Waals surface area contributed by atoms with Gasteiger partial charge in [-0.15, -0.1) is 0 Å². The summed E-state index contributed by atoms with van der Waals surface area (Å²) in [6.07, 6.45) is 6.32. The van der Waals surface area contributed by atoms with E-state index in [1.54, 1.807) is 0 Å². The molecule has 3 aliphatic rings. The minimum Gasteiger partial charge on any atom is -0.363 e. The van der Waals surface area contributed by atoms with E-state index < -0.39 is 0 Å². The Morgan fingerprint density at radius 2 is 1.12 bits per heavy atom. The molecule has 358 valence electrons. The number of allylic oxidation sites excluding steroid dienone is 1. The molecule has 10 aromatic rings. The van der Waals surface area contributed by atoms with Gasteiger partial charge in [0.2, 0.25) is 0 Å². The number of anilines is 3. The lowest BCUT2D eigenvalue weighted by atomic mass is 9.85. The highest BCUT2D eigenvalue weighted by molar-refractivity contribution is 6.00. The number of nitrogens with one attached hydrogen (secondary N) is 3. The summed E-state index contributed by atoms with van der Waals surface area (Å²) in [5.41, 5.74) is 21.7. The molecule has 74 heavy (non-hydrogen) atoms. The van der Waals surface area contributed by atoms with Crippen molar-refractivity contribution in [2.45, 2.75) is 45.2 Å². The van der Waals surface area contributed by atoms with E-state index in [4.69, 9.17) is 4.99 Å². The van der Waals surface area contributed by atoms with Crippen LogP contribution in [-0.2, 0) is 6.42 Å². The van der Waals surface area contributed by atoms with Crippen molar-refractivity contribution < 1.29 is 0 Å². The summed E-state index contributed by atoms with van der Waals surface area (Å²) in [5, 5.41) is 14.2. The smallest absolute Gasteiger partial charge is 0.131 e. The number of hydrogen-bond donors (Lipinski definition) is 3. The van der Waals surface area contributed by atoms with Crippen molar-refractivity contribution in [3.05, 3.63) is 264 Å². The predicted octanol–water partition coefficient (Wildman–Crippen LogP) is 17.0. The lowest BCUT2D eigenvalue weighted by Gasteiger charge is -2.34. The zero-order valence-corrected chi connectivity index (χ0v) is 41.7. The Kier molecular flexibility index (Phi) is 11.8. The predicted molar refractivity (Wildman–Crippen MR) is 310 cm³/mol. The van der Waals surface area contributed by atoms with E-state index in [-0.39, 0.29) is 18.5 Å². The van der Waals surface area contributed by atoms with Gasteiger partial charge in [-0.25, -0.2) is 4.99 Å². The zero-order chi connectivity index (χ0) is 49.5. The molecule has 0 aromatic heterocycles. The molecule has 3 N–H and O–H groups in total. The van der Waals surface area contributed by atoms with E-state index >= 15 is 0 Å². The quantitative estimate of drug-likeness (QED) is 0.128. The summed E-state index contributed by atoms with van der Waals surface area (Å²) in [4.78, 5) is 7.90. The summed E-state index contributed by atoms with van der Waals surface area (Å²) in [7, 11) is 0. The highest BCUT2D eigenvalue weighted by Crippen LogP contribution is 2.46. The lowest BCUT2D eigenvalue weighted by Crippen LogP contribution is -2.45. The van der Waals surface area contributed by atoms with Crippen LogP contribution in [0.3, 0.4) is 0 Å². The Balaban J connectivity index is 0.791. The molecule has 0 saturated heterocycles. The van der Waals surface area contributed by atoms with Gasteiger partial charge in [-0.3, -0.25) is 5.32 Å². The van der Waals surface area contributed by atoms with Gasteiger partial charge in [0, 0.05) is 11.3 Å². The van der Waals surface area contributed by atoms with E-state index in [1.807, 2.05) is 0 Å². The van der Waals surface area contributed by atoms with Crippen LogP contribution in [0.5, 0.6) is 0 Å². The fourth-order valence-electron chi connectivity index (χ4n) is 11.5. The minimum absolute atomic E-state index is 0.114. The van der Waals surface area contributed by atoms with E-state index in [9.17, 15) is 0 Å². The van der Waals surface area contributed by atoms with Crippen molar-refractivity contribution in [1.82, 2.24) is 10.6 Å². The highest BCUT2D eigenvalue weighted by atomic mass is 15.3. The molecule has 13 rings (SSSR count). The van der Waals surface area contributed by atoms with Gasteiger partial charge in [0.25, 0.3) is 0 Å². The number of nitrogens with zero attached hydrogens (tertiary/aromatic N) is 2. The van der Waals surface area contributed by atoms with Crippen LogP contribution in [0.2, 0.25) is 0 Å². The second kappa shape index (κ2) is 19.3. The molecule has 0 amide bonds. The fourth-order valence-corrected chi connectivity index (χ4v) is 11.5. The van der Waals surface area contributed by atoms with Crippen LogP contribution >= 0.6 is 0 Å². The normalized spacial score (nSPS) is 16.8. The Hall–Kier alpha value is -8.77. The minimum atomic E-state index is -0.301. The van der Waals surface area contributed by atoms with Crippen molar-refractivity contribution >= 4 is 39.7 Å². The second-order valence-corrected chi connectivity index (χ2v) is 20.1. The first-order chi connectivity index (χ1) is 36.5. The molecule has 0 saturated carbocycles. The summed E-state index contributed by atoms with van der Waals surface area (Å²) in [6, 6.07) is 83.8. The average molecular weight is 956 g/mol. The third-order valence-corrected chi connectivity index (χ3v) is 15.2. The van der Waals surface area contributed by atoms with E-state index in [1.165, 1.54) is 83.3 Å². The molecular formula is C69H57N5. The zero-order valence-electron chi connectivity index (χ0n) is 41.7.